The number of carbonyl (C=O) groups excluding carboxylic acids is 2. The fourth-order valence-electron chi connectivity index (χ4n) is 5.21. The number of imide groups is 1. The summed E-state index contributed by atoms with van der Waals surface area (Å²) in [5, 5.41) is 4.24. The van der Waals surface area contributed by atoms with E-state index in [1.807, 2.05) is 24.3 Å². The maximum atomic E-state index is 13.8. The molecule has 3 fully saturated rings. The molecular weight excluding hydrogens is 398 g/mol. The van der Waals surface area contributed by atoms with Crippen LogP contribution < -0.4 is 19.1 Å². The average molecular weight is 423 g/mol. The third-order valence-corrected chi connectivity index (χ3v) is 6.49. The summed E-state index contributed by atoms with van der Waals surface area (Å²) in [6.07, 6.45) is 0.947. The fourth-order valence-corrected chi connectivity index (χ4v) is 5.21. The molecule has 31 heavy (non-hydrogen) atoms. The Morgan fingerprint density at radius 3 is 2.23 bits per heavy atom. The Morgan fingerprint density at radius 2 is 1.52 bits per heavy atom. The van der Waals surface area contributed by atoms with Crippen molar-refractivity contribution in [2.45, 2.75) is 18.5 Å². The van der Waals surface area contributed by atoms with E-state index in [0.29, 0.717) is 17.2 Å². The Kier molecular flexibility index (Phi) is 4.83. The first kappa shape index (κ1) is 19.8. The summed E-state index contributed by atoms with van der Waals surface area (Å²) in [7, 11) is 4.71. The van der Waals surface area contributed by atoms with Crippen LogP contribution in [-0.2, 0) is 9.59 Å². The summed E-state index contributed by atoms with van der Waals surface area (Å²) >= 11 is 0. The number of methoxy groups -OCH3 is 3. The van der Waals surface area contributed by atoms with Crippen LogP contribution in [0.25, 0.3) is 0 Å². The molecule has 0 unspecified atom stereocenters. The molecule has 0 N–H and O–H groups in total. The Labute approximate surface area is 180 Å². The van der Waals surface area contributed by atoms with Gasteiger partial charge in [0.25, 0.3) is 5.91 Å². The minimum absolute atomic E-state index is 0.219. The van der Waals surface area contributed by atoms with Crippen molar-refractivity contribution in [2.24, 2.45) is 5.92 Å². The lowest BCUT2D eigenvalue weighted by atomic mass is 9.89. The number of hydrogen-bond donors (Lipinski definition) is 0. The molecule has 8 nitrogen and oxygen atoms in total. The predicted octanol–water partition coefficient (Wildman–Crippen LogP) is 2.25. The van der Waals surface area contributed by atoms with Crippen LogP contribution >= 0.6 is 0 Å². The molecule has 3 heterocycles. The number of hydrogen-bond acceptors (Lipinski definition) is 7. The van der Waals surface area contributed by atoms with Crippen molar-refractivity contribution >= 4 is 17.5 Å². The number of fused-ring (bicyclic) bond motifs is 3. The Hall–Kier alpha value is -3.10. The maximum Gasteiger partial charge on any atom is 0.253 e. The highest BCUT2D eigenvalue weighted by molar-refractivity contribution is 6.24. The van der Waals surface area contributed by atoms with Gasteiger partial charge in [-0.05, 0) is 24.6 Å². The van der Waals surface area contributed by atoms with Gasteiger partial charge in [0.05, 0.1) is 39.0 Å². The van der Waals surface area contributed by atoms with Crippen LogP contribution in [0.2, 0.25) is 0 Å². The van der Waals surface area contributed by atoms with Crippen molar-refractivity contribution in [3.8, 4) is 17.2 Å². The summed E-state index contributed by atoms with van der Waals surface area (Å²) < 4.78 is 16.3. The van der Waals surface area contributed by atoms with Crippen LogP contribution in [0.1, 0.15) is 18.0 Å². The molecule has 3 atom stereocenters. The second-order valence-corrected chi connectivity index (χ2v) is 7.89. The van der Waals surface area contributed by atoms with Crippen molar-refractivity contribution in [1.29, 1.82) is 0 Å². The number of para-hydroxylation sites is 1. The number of benzene rings is 2. The van der Waals surface area contributed by atoms with Crippen molar-refractivity contribution in [2.75, 3.05) is 39.3 Å². The minimum atomic E-state index is -0.531. The maximum absolute atomic E-state index is 13.8. The van der Waals surface area contributed by atoms with Gasteiger partial charge in [-0.25, -0.2) is 14.9 Å². The van der Waals surface area contributed by atoms with Crippen LogP contribution in [0.3, 0.4) is 0 Å². The van der Waals surface area contributed by atoms with Crippen LogP contribution in [0.4, 0.5) is 5.69 Å². The van der Waals surface area contributed by atoms with Gasteiger partial charge in [-0.1, -0.05) is 18.2 Å². The largest absolute Gasteiger partial charge is 0.497 e. The molecule has 0 spiro atoms. The summed E-state index contributed by atoms with van der Waals surface area (Å²) in [4.78, 5) is 28.7. The number of rotatable bonds is 5. The van der Waals surface area contributed by atoms with E-state index in [9.17, 15) is 9.59 Å². The molecule has 3 saturated heterocycles. The highest BCUT2D eigenvalue weighted by Gasteiger charge is 2.63. The average Bonchev–Trinajstić information content (AvgIpc) is 3.45. The molecule has 2 amide bonds. The van der Waals surface area contributed by atoms with E-state index in [1.165, 1.54) is 12.0 Å². The lowest BCUT2D eigenvalue weighted by Gasteiger charge is -2.30. The molecule has 0 aromatic heterocycles. The third-order valence-electron chi connectivity index (χ3n) is 6.49. The molecule has 2 aromatic rings. The molecular formula is C23H25N3O5. The topological polar surface area (TPSA) is 71.6 Å². The lowest BCUT2D eigenvalue weighted by molar-refractivity contribution is -0.126. The molecule has 5 rings (SSSR count). The molecule has 0 saturated carbocycles. The van der Waals surface area contributed by atoms with Gasteiger partial charge in [-0.15, -0.1) is 0 Å². The minimum Gasteiger partial charge on any atom is -0.497 e. The van der Waals surface area contributed by atoms with E-state index in [-0.39, 0.29) is 17.9 Å². The van der Waals surface area contributed by atoms with Crippen molar-refractivity contribution < 1.29 is 23.8 Å². The van der Waals surface area contributed by atoms with Crippen LogP contribution in [-0.4, -0.2) is 62.3 Å². The number of nitrogens with zero attached hydrogens (tertiary/aromatic N) is 3. The second kappa shape index (κ2) is 7.55. The first-order valence-electron chi connectivity index (χ1n) is 10.4. The molecule has 0 aliphatic carbocycles. The molecule has 2 aromatic carbocycles. The standard InChI is InChI=1S/C23H25N3O5/c1-29-14-9-10-16(18(13-14)31-3)26-22(27)19-20(15-7-4-5-8-17(15)30-2)24-11-6-12-25(24)21(19)23(26)28/h4-5,7-10,13,19-21H,6,11-12H2,1-3H3/t19-,20+,21+/m1/s1. The monoisotopic (exact) mass is 423 g/mol. The van der Waals surface area contributed by atoms with Crippen LogP contribution in [0.15, 0.2) is 42.5 Å². The Morgan fingerprint density at radius 1 is 0.806 bits per heavy atom. The molecule has 0 radical (unpaired) electrons. The zero-order valence-corrected chi connectivity index (χ0v) is 17.8. The van der Waals surface area contributed by atoms with Gasteiger partial charge in [0, 0.05) is 24.7 Å². The lowest BCUT2D eigenvalue weighted by Crippen LogP contribution is -2.44. The number of amides is 2. The van der Waals surface area contributed by atoms with E-state index in [1.54, 1.807) is 32.4 Å². The Bertz CT molecular complexity index is 1040. The zero-order chi connectivity index (χ0) is 21.7. The summed E-state index contributed by atoms with van der Waals surface area (Å²) in [6.45, 7) is 1.56. The van der Waals surface area contributed by atoms with Crippen molar-refractivity contribution in [3.63, 3.8) is 0 Å². The van der Waals surface area contributed by atoms with Gasteiger partial charge in [-0.3, -0.25) is 9.59 Å². The number of ether oxygens (including phenoxy) is 3. The van der Waals surface area contributed by atoms with Gasteiger partial charge >= 0.3 is 0 Å². The van der Waals surface area contributed by atoms with E-state index in [4.69, 9.17) is 14.2 Å². The smallest absolute Gasteiger partial charge is 0.253 e. The first-order chi connectivity index (χ1) is 15.1. The summed E-state index contributed by atoms with van der Waals surface area (Å²) in [6, 6.07) is 12.1. The summed E-state index contributed by atoms with van der Waals surface area (Å²) in [5.41, 5.74) is 1.37. The SMILES string of the molecule is COc1ccc(N2C(=O)[C@H]3[C@@H](C2=O)N2CCCN2[C@H]3c2ccccc2OC)c(OC)c1. The van der Waals surface area contributed by atoms with Gasteiger partial charge in [-0.2, -0.15) is 0 Å². The van der Waals surface area contributed by atoms with Crippen molar-refractivity contribution in [1.82, 2.24) is 10.0 Å². The third kappa shape index (κ3) is 2.82. The van der Waals surface area contributed by atoms with Crippen LogP contribution in [0.5, 0.6) is 17.2 Å². The predicted molar refractivity (Wildman–Crippen MR) is 113 cm³/mol. The second-order valence-electron chi connectivity index (χ2n) is 7.89. The summed E-state index contributed by atoms with van der Waals surface area (Å²) in [5.74, 6) is 0.786. The molecule has 3 aliphatic rings. The highest BCUT2D eigenvalue weighted by Crippen LogP contribution is 2.51. The van der Waals surface area contributed by atoms with E-state index in [2.05, 4.69) is 10.0 Å². The zero-order valence-electron chi connectivity index (χ0n) is 17.8. The molecule has 8 heteroatoms. The van der Waals surface area contributed by atoms with Crippen LogP contribution in [0, 0.1) is 5.92 Å². The van der Waals surface area contributed by atoms with Gasteiger partial charge < -0.3 is 14.2 Å². The quantitative estimate of drug-likeness (QED) is 0.683. The molecule has 3 aliphatic heterocycles. The first-order valence-corrected chi connectivity index (χ1v) is 10.4. The van der Waals surface area contributed by atoms with E-state index >= 15 is 0 Å². The number of carbonyl (C=O) groups is 2. The highest BCUT2D eigenvalue weighted by atomic mass is 16.5. The van der Waals surface area contributed by atoms with E-state index < -0.39 is 12.0 Å². The van der Waals surface area contributed by atoms with Gasteiger partial charge in [0.15, 0.2) is 0 Å². The molecule has 162 valence electrons. The van der Waals surface area contributed by atoms with Gasteiger partial charge in [0.1, 0.15) is 23.3 Å². The van der Waals surface area contributed by atoms with E-state index in [0.717, 1.165) is 30.8 Å². The molecule has 0 bridgehead atoms. The number of hydrazine groups is 1. The number of anilines is 1. The van der Waals surface area contributed by atoms with Gasteiger partial charge in [0.2, 0.25) is 5.91 Å². The normalized spacial score (nSPS) is 25.6. The van der Waals surface area contributed by atoms with Crippen molar-refractivity contribution in [3.05, 3.63) is 48.0 Å². The Balaban J connectivity index is 1.60. The fraction of sp³-hybridized carbons (Fsp3) is 0.391.